The highest BCUT2D eigenvalue weighted by Gasteiger charge is 2.35. The van der Waals surface area contributed by atoms with Crippen LogP contribution in [0.5, 0.6) is 5.75 Å². The first-order valence-corrected chi connectivity index (χ1v) is 13.8. The maximum Gasteiger partial charge on any atom is 0.293 e. The van der Waals surface area contributed by atoms with Crippen molar-refractivity contribution in [2.24, 2.45) is 0 Å². The fraction of sp³-hybridized carbons (Fsp3) is 0.0833. The molecule has 3 aromatic carbocycles. The average molecular weight is 697 g/mol. The standard InChI is InChI=1S/C24H13Br2Cl4NO3S/c25-16-6-12(7-17(26)22(16)34-11-13-4-5-14(27)9-20(13)30)8-21-23(32)31(24(33)35-21)10-15-18(28)2-1-3-19(15)29/h1-9H,10-11H2/b21-8-. The number of thioether (sulfide) groups is 1. The summed E-state index contributed by atoms with van der Waals surface area (Å²) >= 11 is 32.5. The Labute approximate surface area is 242 Å². The molecular formula is C24H13Br2Cl4NO3S. The number of benzene rings is 3. The van der Waals surface area contributed by atoms with Gasteiger partial charge in [0.2, 0.25) is 0 Å². The van der Waals surface area contributed by atoms with Crippen LogP contribution in [0.3, 0.4) is 0 Å². The highest BCUT2D eigenvalue weighted by molar-refractivity contribution is 9.11. The van der Waals surface area contributed by atoms with E-state index in [0.29, 0.717) is 50.8 Å². The number of carbonyl (C=O) groups excluding carboxylic acids is 2. The molecule has 1 aliphatic rings. The number of hydrogen-bond donors (Lipinski definition) is 0. The largest absolute Gasteiger partial charge is 0.486 e. The van der Waals surface area contributed by atoms with Crippen molar-refractivity contribution in [3.8, 4) is 5.75 Å². The minimum absolute atomic E-state index is 0.00601. The van der Waals surface area contributed by atoms with Crippen LogP contribution in [0.4, 0.5) is 4.79 Å². The Morgan fingerprint density at radius 2 is 1.57 bits per heavy atom. The van der Waals surface area contributed by atoms with E-state index in [1.54, 1.807) is 54.6 Å². The van der Waals surface area contributed by atoms with E-state index in [-0.39, 0.29) is 13.2 Å². The SMILES string of the molecule is O=C1S/C(=C\c2cc(Br)c(OCc3ccc(Cl)cc3Cl)c(Br)c2)C(=O)N1Cc1c(Cl)cccc1Cl. The Bertz CT molecular complexity index is 1340. The summed E-state index contributed by atoms with van der Waals surface area (Å²) in [6.07, 6.45) is 1.65. The number of hydrogen-bond acceptors (Lipinski definition) is 4. The zero-order chi connectivity index (χ0) is 25.3. The zero-order valence-corrected chi connectivity index (χ0v) is 24.5. The van der Waals surface area contributed by atoms with Crippen LogP contribution >= 0.6 is 90.0 Å². The van der Waals surface area contributed by atoms with Crippen LogP contribution in [-0.2, 0) is 17.9 Å². The van der Waals surface area contributed by atoms with Crippen molar-refractivity contribution >= 4 is 107 Å². The zero-order valence-electron chi connectivity index (χ0n) is 17.5. The molecule has 1 fully saturated rings. The highest BCUT2D eigenvalue weighted by Crippen LogP contribution is 2.39. The van der Waals surface area contributed by atoms with E-state index in [1.165, 1.54) is 0 Å². The van der Waals surface area contributed by atoms with Gasteiger partial charge in [-0.05, 0) is 91.7 Å². The molecular weight excluding hydrogens is 684 g/mol. The average Bonchev–Trinajstić information content (AvgIpc) is 3.04. The maximum atomic E-state index is 13.0. The van der Waals surface area contributed by atoms with E-state index >= 15 is 0 Å². The van der Waals surface area contributed by atoms with Gasteiger partial charge in [0.25, 0.3) is 11.1 Å². The van der Waals surface area contributed by atoms with Gasteiger partial charge in [0.15, 0.2) is 0 Å². The van der Waals surface area contributed by atoms with Gasteiger partial charge in [0.05, 0.1) is 20.4 Å². The van der Waals surface area contributed by atoms with Crippen LogP contribution < -0.4 is 4.74 Å². The van der Waals surface area contributed by atoms with E-state index in [1.807, 2.05) is 0 Å². The quantitative estimate of drug-likeness (QED) is 0.241. The lowest BCUT2D eigenvalue weighted by Crippen LogP contribution is -2.27. The lowest BCUT2D eigenvalue weighted by atomic mass is 10.2. The molecule has 0 N–H and O–H groups in total. The van der Waals surface area contributed by atoms with Gasteiger partial charge < -0.3 is 4.74 Å². The molecule has 0 unspecified atom stereocenters. The summed E-state index contributed by atoms with van der Waals surface area (Å²) in [6.45, 7) is 0.226. The summed E-state index contributed by atoms with van der Waals surface area (Å²) in [7, 11) is 0. The molecule has 0 atom stereocenters. The van der Waals surface area contributed by atoms with Crippen LogP contribution in [-0.4, -0.2) is 16.0 Å². The molecule has 180 valence electrons. The van der Waals surface area contributed by atoms with Crippen LogP contribution in [0.2, 0.25) is 20.1 Å². The molecule has 4 rings (SSSR count). The van der Waals surface area contributed by atoms with Gasteiger partial charge in [0.1, 0.15) is 12.4 Å². The minimum atomic E-state index is -0.416. The molecule has 0 bridgehead atoms. The smallest absolute Gasteiger partial charge is 0.293 e. The van der Waals surface area contributed by atoms with Crippen LogP contribution in [0.1, 0.15) is 16.7 Å². The second-order valence-corrected chi connectivity index (χ2v) is 11.7. The fourth-order valence-corrected chi connectivity index (χ4v) is 6.49. The summed E-state index contributed by atoms with van der Waals surface area (Å²) in [5.74, 6) is 0.149. The molecule has 1 heterocycles. The summed E-state index contributed by atoms with van der Waals surface area (Å²) in [5.41, 5.74) is 2.00. The number of nitrogens with zero attached hydrogens (tertiary/aromatic N) is 1. The maximum absolute atomic E-state index is 13.0. The molecule has 0 saturated carbocycles. The molecule has 1 aliphatic heterocycles. The van der Waals surface area contributed by atoms with Gasteiger partial charge in [-0.2, -0.15) is 0 Å². The van der Waals surface area contributed by atoms with E-state index in [9.17, 15) is 9.59 Å². The van der Waals surface area contributed by atoms with Gasteiger partial charge in [0, 0.05) is 31.2 Å². The normalized spacial score (nSPS) is 14.8. The molecule has 2 amide bonds. The van der Waals surface area contributed by atoms with Crippen molar-refractivity contribution in [1.82, 2.24) is 4.90 Å². The lowest BCUT2D eigenvalue weighted by Gasteiger charge is -2.14. The number of rotatable bonds is 6. The third-order valence-corrected chi connectivity index (χ3v) is 8.34. The number of halogens is 6. The highest BCUT2D eigenvalue weighted by atomic mass is 79.9. The van der Waals surface area contributed by atoms with E-state index in [4.69, 9.17) is 51.1 Å². The lowest BCUT2D eigenvalue weighted by molar-refractivity contribution is -0.123. The Hall–Kier alpha value is -1.19. The van der Waals surface area contributed by atoms with Crippen molar-refractivity contribution in [2.45, 2.75) is 13.2 Å². The minimum Gasteiger partial charge on any atom is -0.486 e. The second kappa shape index (κ2) is 11.5. The second-order valence-electron chi connectivity index (χ2n) is 7.31. The Kier molecular flexibility index (Phi) is 8.80. The van der Waals surface area contributed by atoms with Crippen LogP contribution in [0.15, 0.2) is 62.4 Å². The van der Waals surface area contributed by atoms with Crippen molar-refractivity contribution < 1.29 is 14.3 Å². The number of carbonyl (C=O) groups is 2. The predicted octanol–water partition coefficient (Wildman–Crippen LogP) is 9.64. The monoisotopic (exact) mass is 693 g/mol. The topological polar surface area (TPSA) is 46.6 Å². The molecule has 4 nitrogen and oxygen atoms in total. The number of ether oxygens (including phenoxy) is 1. The molecule has 1 saturated heterocycles. The van der Waals surface area contributed by atoms with Crippen molar-refractivity contribution in [1.29, 1.82) is 0 Å². The van der Waals surface area contributed by atoms with E-state index < -0.39 is 11.1 Å². The van der Waals surface area contributed by atoms with Gasteiger partial charge >= 0.3 is 0 Å². The third-order valence-electron chi connectivity index (χ3n) is 4.96. The van der Waals surface area contributed by atoms with E-state index in [2.05, 4.69) is 31.9 Å². The molecule has 0 aromatic heterocycles. The van der Waals surface area contributed by atoms with Crippen LogP contribution in [0.25, 0.3) is 6.08 Å². The first-order valence-electron chi connectivity index (χ1n) is 9.88. The van der Waals surface area contributed by atoms with Gasteiger partial charge in [-0.15, -0.1) is 0 Å². The molecule has 11 heteroatoms. The van der Waals surface area contributed by atoms with Crippen molar-refractivity contribution in [3.05, 3.63) is 99.2 Å². The van der Waals surface area contributed by atoms with Crippen molar-refractivity contribution in [3.63, 3.8) is 0 Å². The van der Waals surface area contributed by atoms with Gasteiger partial charge in [-0.1, -0.05) is 58.5 Å². The Morgan fingerprint density at radius 1 is 0.914 bits per heavy atom. The summed E-state index contributed by atoms with van der Waals surface area (Å²) in [4.78, 5) is 26.9. The molecule has 35 heavy (non-hydrogen) atoms. The van der Waals surface area contributed by atoms with Crippen molar-refractivity contribution in [2.75, 3.05) is 0 Å². The predicted molar refractivity (Wildman–Crippen MR) is 151 cm³/mol. The summed E-state index contributed by atoms with van der Waals surface area (Å²) < 4.78 is 7.26. The fourth-order valence-electron chi connectivity index (χ4n) is 3.22. The first-order chi connectivity index (χ1) is 16.6. The molecule has 0 radical (unpaired) electrons. The van der Waals surface area contributed by atoms with E-state index in [0.717, 1.165) is 22.2 Å². The third kappa shape index (κ3) is 6.21. The summed E-state index contributed by atoms with van der Waals surface area (Å²) in [6, 6.07) is 13.8. The van der Waals surface area contributed by atoms with Gasteiger partial charge in [-0.25, -0.2) is 0 Å². The van der Waals surface area contributed by atoms with Gasteiger partial charge in [-0.3, -0.25) is 14.5 Å². The summed E-state index contributed by atoms with van der Waals surface area (Å²) in [5, 5.41) is 1.45. The first kappa shape index (κ1) is 26.9. The molecule has 0 aliphatic carbocycles. The Morgan fingerprint density at radius 3 is 2.20 bits per heavy atom. The Balaban J connectivity index is 1.52. The number of imide groups is 1. The molecule has 3 aromatic rings. The van der Waals surface area contributed by atoms with Crippen LogP contribution in [0, 0.1) is 0 Å². The molecule has 0 spiro atoms. The number of amides is 2.